The normalized spacial score (nSPS) is 12.0. The van der Waals surface area contributed by atoms with Crippen molar-refractivity contribution in [3.8, 4) is 0 Å². The molecule has 0 amide bonds. The van der Waals surface area contributed by atoms with Gasteiger partial charge in [-0.15, -0.1) is 0 Å². The zero-order valence-electron chi connectivity index (χ0n) is 7.58. The SMILES string of the molecule is O=C/C=C/c1ccc(C(F)(F)P)cc1F. The summed E-state index contributed by atoms with van der Waals surface area (Å²) in [5, 5.41) is 0. The van der Waals surface area contributed by atoms with Crippen molar-refractivity contribution in [2.45, 2.75) is 5.66 Å². The monoisotopic (exact) mass is 232 g/mol. The highest BCUT2D eigenvalue weighted by Crippen LogP contribution is 2.35. The minimum absolute atomic E-state index is 0.0973. The summed E-state index contributed by atoms with van der Waals surface area (Å²) in [4.78, 5) is 9.98. The summed E-state index contributed by atoms with van der Waals surface area (Å²) in [5.41, 5.74) is -3.47. The van der Waals surface area contributed by atoms with Crippen molar-refractivity contribution in [1.82, 2.24) is 0 Å². The lowest BCUT2D eigenvalue weighted by Gasteiger charge is -2.10. The Hall–Kier alpha value is -1.15. The zero-order valence-corrected chi connectivity index (χ0v) is 8.74. The van der Waals surface area contributed by atoms with Gasteiger partial charge in [-0.25, -0.2) is 4.39 Å². The average molecular weight is 232 g/mol. The third-order valence-corrected chi connectivity index (χ3v) is 2.07. The molecular weight excluding hydrogens is 224 g/mol. The van der Waals surface area contributed by atoms with Crippen LogP contribution < -0.4 is 0 Å². The lowest BCUT2D eigenvalue weighted by atomic mass is 10.1. The van der Waals surface area contributed by atoms with Gasteiger partial charge in [0.2, 0.25) is 0 Å². The van der Waals surface area contributed by atoms with Crippen LogP contribution in [0.4, 0.5) is 13.2 Å². The number of rotatable bonds is 3. The number of alkyl halides is 2. The van der Waals surface area contributed by atoms with Crippen molar-refractivity contribution in [2.24, 2.45) is 0 Å². The lowest BCUT2D eigenvalue weighted by Crippen LogP contribution is -2.03. The second kappa shape index (κ2) is 4.58. The maximum Gasteiger partial charge on any atom is 0.283 e. The Morgan fingerprint density at radius 3 is 2.47 bits per heavy atom. The van der Waals surface area contributed by atoms with Crippen LogP contribution in [0.5, 0.6) is 0 Å². The smallest absolute Gasteiger partial charge is 0.283 e. The maximum atomic E-state index is 13.2. The molecule has 1 rings (SSSR count). The summed E-state index contributed by atoms with van der Waals surface area (Å²) >= 11 is 0. The predicted octanol–water partition coefficient (Wildman–Crippen LogP) is 2.96. The Balaban J connectivity index is 3.09. The molecular formula is C10H8F3OP. The van der Waals surface area contributed by atoms with Gasteiger partial charge in [-0.3, -0.25) is 4.79 Å². The van der Waals surface area contributed by atoms with Crippen molar-refractivity contribution in [3.63, 3.8) is 0 Å². The van der Waals surface area contributed by atoms with Crippen molar-refractivity contribution in [1.29, 1.82) is 0 Å². The number of hydrogen-bond donors (Lipinski definition) is 0. The Bertz CT molecular complexity index is 396. The van der Waals surface area contributed by atoms with Gasteiger partial charge in [-0.1, -0.05) is 21.4 Å². The summed E-state index contributed by atoms with van der Waals surface area (Å²) < 4.78 is 38.7. The quantitative estimate of drug-likeness (QED) is 0.445. The second-order valence-corrected chi connectivity index (χ2v) is 3.58. The number of carbonyl (C=O) groups is 1. The third-order valence-electron chi connectivity index (χ3n) is 1.74. The molecule has 5 heteroatoms. The third kappa shape index (κ3) is 3.17. The molecule has 0 fully saturated rings. The number of carbonyl (C=O) groups excluding carboxylic acids is 1. The van der Waals surface area contributed by atoms with Gasteiger partial charge < -0.3 is 0 Å². The summed E-state index contributed by atoms with van der Waals surface area (Å²) in [6, 6.07) is 3.06. The van der Waals surface area contributed by atoms with Crippen molar-refractivity contribution in [2.75, 3.05) is 0 Å². The number of aldehydes is 1. The molecule has 0 aliphatic heterocycles. The van der Waals surface area contributed by atoms with Gasteiger partial charge in [0, 0.05) is 11.1 Å². The van der Waals surface area contributed by atoms with Crippen LogP contribution in [0.1, 0.15) is 11.1 Å². The van der Waals surface area contributed by atoms with Crippen LogP contribution in [0.25, 0.3) is 6.08 Å². The number of benzene rings is 1. The second-order valence-electron chi connectivity index (χ2n) is 2.85. The molecule has 80 valence electrons. The van der Waals surface area contributed by atoms with E-state index in [-0.39, 0.29) is 5.56 Å². The molecule has 0 saturated heterocycles. The molecule has 0 N–H and O–H groups in total. The Morgan fingerprint density at radius 2 is 2.00 bits per heavy atom. The molecule has 1 aromatic rings. The molecule has 1 unspecified atom stereocenters. The van der Waals surface area contributed by atoms with Crippen LogP contribution in [-0.4, -0.2) is 6.29 Å². The van der Waals surface area contributed by atoms with Crippen molar-refractivity contribution < 1.29 is 18.0 Å². The maximum absolute atomic E-state index is 13.2. The van der Waals surface area contributed by atoms with E-state index >= 15 is 0 Å². The fourth-order valence-electron chi connectivity index (χ4n) is 1.01. The number of allylic oxidation sites excluding steroid dienone is 1. The van der Waals surface area contributed by atoms with E-state index in [4.69, 9.17) is 0 Å². The summed E-state index contributed by atoms with van der Waals surface area (Å²) in [7, 11) is 1.33. The number of halogens is 3. The van der Waals surface area contributed by atoms with E-state index in [2.05, 4.69) is 0 Å². The van der Waals surface area contributed by atoms with E-state index < -0.39 is 17.0 Å². The van der Waals surface area contributed by atoms with Gasteiger partial charge >= 0.3 is 0 Å². The summed E-state index contributed by atoms with van der Waals surface area (Å²) in [6.07, 6.45) is 2.79. The molecule has 0 spiro atoms. The average Bonchev–Trinajstić information content (AvgIpc) is 2.14. The molecule has 1 nitrogen and oxygen atoms in total. The van der Waals surface area contributed by atoms with Gasteiger partial charge in [0.05, 0.1) is 0 Å². The Labute approximate surface area is 87.2 Å². The van der Waals surface area contributed by atoms with Gasteiger partial charge in [0.1, 0.15) is 12.1 Å². The van der Waals surface area contributed by atoms with Crippen molar-refractivity contribution >= 4 is 21.6 Å². The minimum Gasteiger partial charge on any atom is -0.299 e. The van der Waals surface area contributed by atoms with Crippen LogP contribution in [-0.2, 0) is 10.5 Å². The fourth-order valence-corrected chi connectivity index (χ4v) is 1.19. The molecule has 15 heavy (non-hydrogen) atoms. The van der Waals surface area contributed by atoms with E-state index in [1.54, 1.807) is 0 Å². The molecule has 1 aromatic carbocycles. The van der Waals surface area contributed by atoms with Crippen LogP contribution in [0.15, 0.2) is 24.3 Å². The molecule has 1 atom stereocenters. The molecule has 0 aromatic heterocycles. The highest BCUT2D eigenvalue weighted by Gasteiger charge is 2.25. The molecule has 0 heterocycles. The van der Waals surface area contributed by atoms with Crippen LogP contribution in [0, 0.1) is 5.82 Å². The predicted molar refractivity (Wildman–Crippen MR) is 55.1 cm³/mol. The summed E-state index contributed by atoms with van der Waals surface area (Å²) in [5.74, 6) is -0.785. The number of hydrogen-bond acceptors (Lipinski definition) is 1. The lowest BCUT2D eigenvalue weighted by molar-refractivity contribution is -0.104. The van der Waals surface area contributed by atoms with E-state index in [9.17, 15) is 18.0 Å². The highest BCUT2D eigenvalue weighted by molar-refractivity contribution is 7.17. The minimum atomic E-state index is -3.15. The van der Waals surface area contributed by atoms with Gasteiger partial charge in [-0.05, 0) is 18.2 Å². The largest absolute Gasteiger partial charge is 0.299 e. The van der Waals surface area contributed by atoms with Crippen LogP contribution in [0.3, 0.4) is 0 Å². The van der Waals surface area contributed by atoms with E-state index in [0.29, 0.717) is 6.29 Å². The first-order valence-electron chi connectivity index (χ1n) is 4.03. The van der Waals surface area contributed by atoms with E-state index in [1.807, 2.05) is 0 Å². The van der Waals surface area contributed by atoms with Gasteiger partial charge in [0.25, 0.3) is 5.66 Å². The first-order chi connectivity index (χ1) is 6.95. The summed E-state index contributed by atoms with van der Waals surface area (Å²) in [6.45, 7) is 0. The highest BCUT2D eigenvalue weighted by atomic mass is 31.0. The fraction of sp³-hybridized carbons (Fsp3) is 0.100. The standard InChI is InChI=1S/C10H8F3OP/c11-9-6-8(10(12,13)15)4-3-7(9)2-1-5-14/h1-6H,15H2/b2-1+. The topological polar surface area (TPSA) is 17.1 Å². The Kier molecular flexibility index (Phi) is 3.64. The van der Waals surface area contributed by atoms with Crippen LogP contribution in [0.2, 0.25) is 0 Å². The van der Waals surface area contributed by atoms with Crippen molar-refractivity contribution in [3.05, 3.63) is 41.2 Å². The Morgan fingerprint density at radius 1 is 1.33 bits per heavy atom. The van der Waals surface area contributed by atoms with E-state index in [1.165, 1.54) is 21.4 Å². The van der Waals surface area contributed by atoms with Gasteiger partial charge in [-0.2, -0.15) is 8.78 Å². The first-order valence-corrected chi connectivity index (χ1v) is 4.61. The molecule has 0 aliphatic carbocycles. The van der Waals surface area contributed by atoms with E-state index in [0.717, 1.165) is 18.2 Å². The molecule has 0 saturated carbocycles. The first kappa shape index (κ1) is 11.9. The zero-order chi connectivity index (χ0) is 11.5. The molecule has 0 radical (unpaired) electrons. The van der Waals surface area contributed by atoms with Gasteiger partial charge in [0.15, 0.2) is 0 Å². The molecule has 0 bridgehead atoms. The van der Waals surface area contributed by atoms with Crippen LogP contribution >= 0.6 is 9.24 Å². The molecule has 0 aliphatic rings.